The van der Waals surface area contributed by atoms with Crippen LogP contribution in [0.25, 0.3) is 21.8 Å². The molecule has 4 rings (SSSR count). The summed E-state index contributed by atoms with van der Waals surface area (Å²) in [5.41, 5.74) is 2.31. The van der Waals surface area contributed by atoms with Gasteiger partial charge in [-0.3, -0.25) is 9.59 Å². The van der Waals surface area contributed by atoms with Gasteiger partial charge in [-0.1, -0.05) is 43.8 Å². The Hall–Kier alpha value is -3.75. The lowest BCUT2D eigenvalue weighted by Crippen LogP contribution is -2.44. The first kappa shape index (κ1) is 22.4. The minimum Gasteiger partial charge on any atom is -0.341 e. The predicted octanol–water partition coefficient (Wildman–Crippen LogP) is 4.52. The van der Waals surface area contributed by atoms with Crippen LogP contribution in [0.5, 0.6) is 0 Å². The fourth-order valence-electron chi connectivity index (χ4n) is 4.34. The summed E-state index contributed by atoms with van der Waals surface area (Å²) in [7, 11) is 0. The average molecular weight is 458 g/mol. The van der Waals surface area contributed by atoms with E-state index in [4.69, 9.17) is 0 Å². The number of fused-ring (bicyclic) bond motifs is 3. The first-order chi connectivity index (χ1) is 15.8. The first-order valence-corrected chi connectivity index (χ1v) is 11.6. The normalized spacial score (nSPS) is 17.5. The standard InChI is InChI=1S/C25H23N5O2S/c1-4-30-20-8-6-5-7-16(20)17-11-15(9-10-21(17)30)28-22(31)14-33-24-19(13-27)25(2,3)18(12-26)23(32)29-24/h5-11,18H,4,14H2,1-3H3,(H,28,31)(H,29,32)/t18-/m1/s1. The van der Waals surface area contributed by atoms with Crippen molar-refractivity contribution in [2.24, 2.45) is 11.3 Å². The molecule has 0 spiro atoms. The van der Waals surface area contributed by atoms with Crippen molar-refractivity contribution in [3.05, 3.63) is 53.1 Å². The number of thioether (sulfide) groups is 1. The van der Waals surface area contributed by atoms with Crippen LogP contribution in [0, 0.1) is 34.0 Å². The van der Waals surface area contributed by atoms with E-state index >= 15 is 0 Å². The van der Waals surface area contributed by atoms with Gasteiger partial charge in [0.1, 0.15) is 5.92 Å². The van der Waals surface area contributed by atoms with Gasteiger partial charge in [-0.05, 0) is 31.2 Å². The highest BCUT2D eigenvalue weighted by Gasteiger charge is 2.44. The van der Waals surface area contributed by atoms with E-state index in [0.717, 1.165) is 40.1 Å². The number of carbonyl (C=O) groups is 2. The van der Waals surface area contributed by atoms with E-state index in [1.54, 1.807) is 13.8 Å². The topological polar surface area (TPSA) is 111 Å². The molecule has 0 radical (unpaired) electrons. The maximum Gasteiger partial charge on any atom is 0.243 e. The van der Waals surface area contributed by atoms with Crippen LogP contribution in [-0.2, 0) is 16.1 Å². The average Bonchev–Trinajstić information content (AvgIpc) is 3.10. The number of hydrogen-bond donors (Lipinski definition) is 2. The minimum absolute atomic E-state index is 0.0167. The molecule has 166 valence electrons. The molecule has 2 N–H and O–H groups in total. The third kappa shape index (κ3) is 3.83. The minimum atomic E-state index is -0.956. The molecular weight excluding hydrogens is 434 g/mol. The van der Waals surface area contributed by atoms with Crippen molar-refractivity contribution in [3.8, 4) is 12.1 Å². The quantitative estimate of drug-likeness (QED) is 0.585. The van der Waals surface area contributed by atoms with Crippen molar-refractivity contribution < 1.29 is 9.59 Å². The molecule has 1 aliphatic heterocycles. The fraction of sp³-hybridized carbons (Fsp3) is 0.280. The van der Waals surface area contributed by atoms with Gasteiger partial charge in [0.05, 0.1) is 28.5 Å². The number of benzene rings is 2. The van der Waals surface area contributed by atoms with Crippen molar-refractivity contribution in [3.63, 3.8) is 0 Å². The van der Waals surface area contributed by atoms with Crippen LogP contribution in [0.15, 0.2) is 53.1 Å². The van der Waals surface area contributed by atoms with Crippen LogP contribution in [-0.4, -0.2) is 22.1 Å². The summed E-state index contributed by atoms with van der Waals surface area (Å²) in [5.74, 6) is -1.65. The number of aromatic nitrogens is 1. The van der Waals surface area contributed by atoms with Crippen LogP contribution >= 0.6 is 11.8 Å². The van der Waals surface area contributed by atoms with E-state index in [0.29, 0.717) is 16.3 Å². The van der Waals surface area contributed by atoms with E-state index in [1.807, 2.05) is 36.4 Å². The third-order valence-electron chi connectivity index (χ3n) is 6.05. The second-order valence-electron chi connectivity index (χ2n) is 8.42. The number of carbonyl (C=O) groups excluding carboxylic acids is 2. The van der Waals surface area contributed by atoms with Gasteiger partial charge in [0, 0.05) is 39.5 Å². The number of rotatable bonds is 5. The molecule has 0 unspecified atom stereocenters. The Bertz CT molecular complexity index is 1400. The van der Waals surface area contributed by atoms with Gasteiger partial charge in [-0.25, -0.2) is 0 Å². The molecule has 7 nitrogen and oxygen atoms in total. The lowest BCUT2D eigenvalue weighted by Gasteiger charge is -2.34. The third-order valence-corrected chi connectivity index (χ3v) is 7.05. The Morgan fingerprint density at radius 2 is 1.91 bits per heavy atom. The summed E-state index contributed by atoms with van der Waals surface area (Å²) in [4.78, 5) is 25.0. The highest BCUT2D eigenvalue weighted by molar-refractivity contribution is 8.03. The maximum absolute atomic E-state index is 12.7. The van der Waals surface area contributed by atoms with E-state index in [2.05, 4.69) is 40.3 Å². The van der Waals surface area contributed by atoms with E-state index < -0.39 is 17.2 Å². The van der Waals surface area contributed by atoms with Crippen molar-refractivity contribution in [1.29, 1.82) is 10.5 Å². The van der Waals surface area contributed by atoms with Gasteiger partial charge in [0.25, 0.3) is 0 Å². The second-order valence-corrected chi connectivity index (χ2v) is 9.40. The van der Waals surface area contributed by atoms with E-state index in [1.165, 1.54) is 0 Å². The van der Waals surface area contributed by atoms with Crippen LogP contribution in [0.3, 0.4) is 0 Å². The van der Waals surface area contributed by atoms with Crippen molar-refractivity contribution in [2.45, 2.75) is 27.3 Å². The summed E-state index contributed by atoms with van der Waals surface area (Å²) < 4.78 is 2.24. The lowest BCUT2D eigenvalue weighted by atomic mass is 9.72. The SMILES string of the molecule is CCn1c2ccccc2c2cc(NC(=O)CSC3=C(C#N)C(C)(C)[C@H](C#N)C(=O)N3)ccc21. The second kappa shape index (κ2) is 8.65. The van der Waals surface area contributed by atoms with Gasteiger partial charge in [0.2, 0.25) is 11.8 Å². The zero-order chi connectivity index (χ0) is 23.8. The number of para-hydroxylation sites is 1. The van der Waals surface area contributed by atoms with Crippen molar-refractivity contribution in [1.82, 2.24) is 9.88 Å². The highest BCUT2D eigenvalue weighted by atomic mass is 32.2. The molecule has 1 atom stereocenters. The molecule has 0 fully saturated rings. The summed E-state index contributed by atoms with van der Waals surface area (Å²) in [6.45, 7) is 6.34. The molecule has 2 aromatic carbocycles. The Kier molecular flexibility index (Phi) is 5.88. The number of hydrogen-bond acceptors (Lipinski definition) is 5. The number of nitriles is 2. The molecule has 0 saturated heterocycles. The van der Waals surface area contributed by atoms with Crippen molar-refractivity contribution in [2.75, 3.05) is 11.1 Å². The summed E-state index contributed by atoms with van der Waals surface area (Å²) >= 11 is 1.09. The molecule has 3 aromatic rings. The zero-order valence-electron chi connectivity index (χ0n) is 18.6. The Morgan fingerprint density at radius 3 is 2.61 bits per heavy atom. The molecule has 1 aliphatic rings. The number of nitrogens with zero attached hydrogens (tertiary/aromatic N) is 3. The number of anilines is 1. The number of amides is 2. The molecule has 2 heterocycles. The monoisotopic (exact) mass is 457 g/mol. The van der Waals surface area contributed by atoms with Gasteiger partial charge < -0.3 is 15.2 Å². The smallest absolute Gasteiger partial charge is 0.243 e. The molecule has 0 aliphatic carbocycles. The molecular formula is C25H23N5O2S. The van der Waals surface area contributed by atoms with E-state index in [9.17, 15) is 20.1 Å². The summed E-state index contributed by atoms with van der Waals surface area (Å²) in [6, 6.07) is 18.1. The molecule has 0 saturated carbocycles. The largest absolute Gasteiger partial charge is 0.341 e. The first-order valence-electron chi connectivity index (χ1n) is 10.6. The van der Waals surface area contributed by atoms with Gasteiger partial charge in [0.15, 0.2) is 0 Å². The van der Waals surface area contributed by atoms with Gasteiger partial charge >= 0.3 is 0 Å². The summed E-state index contributed by atoms with van der Waals surface area (Å²) in [6.07, 6.45) is 0. The maximum atomic E-state index is 12.7. The zero-order valence-corrected chi connectivity index (χ0v) is 19.4. The van der Waals surface area contributed by atoms with Crippen LogP contribution in [0.4, 0.5) is 5.69 Å². The molecule has 8 heteroatoms. The van der Waals surface area contributed by atoms with Gasteiger partial charge in [-0.2, -0.15) is 10.5 Å². The number of allylic oxidation sites excluding steroid dienone is 1. The predicted molar refractivity (Wildman–Crippen MR) is 130 cm³/mol. The molecule has 1 aromatic heterocycles. The highest BCUT2D eigenvalue weighted by Crippen LogP contribution is 2.41. The molecule has 0 bridgehead atoms. The van der Waals surface area contributed by atoms with Crippen molar-refractivity contribution >= 4 is 51.1 Å². The number of aryl methyl sites for hydroxylation is 1. The lowest BCUT2D eigenvalue weighted by molar-refractivity contribution is -0.125. The van der Waals surface area contributed by atoms with E-state index in [-0.39, 0.29) is 11.7 Å². The number of nitrogens with one attached hydrogen (secondary N) is 2. The van der Waals surface area contributed by atoms with Crippen LogP contribution in [0.1, 0.15) is 20.8 Å². The summed E-state index contributed by atoms with van der Waals surface area (Å²) in [5, 5.41) is 27.0. The van der Waals surface area contributed by atoms with Crippen LogP contribution in [0.2, 0.25) is 0 Å². The Balaban J connectivity index is 1.54. The fourth-order valence-corrected chi connectivity index (χ4v) is 5.31. The Labute approximate surface area is 196 Å². The molecule has 2 amide bonds. The Morgan fingerprint density at radius 1 is 1.18 bits per heavy atom. The van der Waals surface area contributed by atoms with Gasteiger partial charge in [-0.15, -0.1) is 0 Å². The van der Waals surface area contributed by atoms with Crippen LogP contribution < -0.4 is 10.6 Å². The molecule has 33 heavy (non-hydrogen) atoms.